The number of carboxylic acids is 1. The number of aromatic carboxylic acids is 1. The van der Waals surface area contributed by atoms with Gasteiger partial charge in [-0.1, -0.05) is 15.9 Å². The van der Waals surface area contributed by atoms with Gasteiger partial charge < -0.3 is 10.4 Å². The van der Waals surface area contributed by atoms with Gasteiger partial charge in [-0.2, -0.15) is 5.10 Å². The number of carbonyl (C=O) groups excluding carboxylic acids is 1. The number of nitrogens with one attached hydrogen (secondary N) is 1. The summed E-state index contributed by atoms with van der Waals surface area (Å²) in [5.74, 6) is -1.34. The Hall–Kier alpha value is -2.15. The molecule has 128 valence electrons. The van der Waals surface area contributed by atoms with Gasteiger partial charge in [-0.05, 0) is 50.5 Å². The lowest BCUT2D eigenvalue weighted by Crippen LogP contribution is -2.25. The van der Waals surface area contributed by atoms with Crippen LogP contribution in [0.2, 0.25) is 0 Å². The third-order valence-electron chi connectivity index (χ3n) is 3.95. The van der Waals surface area contributed by atoms with Crippen LogP contribution in [0.5, 0.6) is 0 Å². The predicted octanol–water partition coefficient (Wildman–Crippen LogP) is 2.86. The van der Waals surface area contributed by atoms with E-state index in [1.165, 1.54) is 17.7 Å². The molecule has 0 aliphatic carbocycles. The SMILES string of the molecule is Cc1nn(C)c(C)c1CCCNC(=O)c1cc(Br)cc(C(=O)O)c1. The van der Waals surface area contributed by atoms with Crippen molar-refractivity contribution in [2.24, 2.45) is 7.05 Å². The van der Waals surface area contributed by atoms with Crippen molar-refractivity contribution in [2.45, 2.75) is 26.7 Å². The Kier molecular flexibility index (Phi) is 5.77. The molecule has 0 radical (unpaired) electrons. The number of carbonyl (C=O) groups is 2. The van der Waals surface area contributed by atoms with Gasteiger partial charge in [0.05, 0.1) is 11.3 Å². The van der Waals surface area contributed by atoms with Crippen molar-refractivity contribution >= 4 is 27.8 Å². The summed E-state index contributed by atoms with van der Waals surface area (Å²) in [4.78, 5) is 23.2. The first kappa shape index (κ1) is 18.2. The fourth-order valence-corrected chi connectivity index (χ4v) is 3.09. The number of halogens is 1. The monoisotopic (exact) mass is 393 g/mol. The first-order valence-electron chi connectivity index (χ1n) is 7.60. The van der Waals surface area contributed by atoms with E-state index in [0.29, 0.717) is 16.6 Å². The summed E-state index contributed by atoms with van der Waals surface area (Å²) in [5, 5.41) is 16.3. The number of hydrogen-bond acceptors (Lipinski definition) is 3. The molecule has 0 atom stereocenters. The highest BCUT2D eigenvalue weighted by molar-refractivity contribution is 9.10. The molecule has 0 unspecified atom stereocenters. The number of carboxylic acid groups (broad SMARTS) is 1. The molecule has 0 saturated heterocycles. The summed E-state index contributed by atoms with van der Waals surface area (Å²) in [6, 6.07) is 4.45. The number of nitrogens with zero attached hydrogens (tertiary/aromatic N) is 2. The molecule has 6 nitrogen and oxygen atoms in total. The van der Waals surface area contributed by atoms with Gasteiger partial charge in [-0.15, -0.1) is 0 Å². The fraction of sp³-hybridized carbons (Fsp3) is 0.353. The van der Waals surface area contributed by atoms with Gasteiger partial charge in [0.2, 0.25) is 0 Å². The minimum Gasteiger partial charge on any atom is -0.478 e. The van der Waals surface area contributed by atoms with E-state index in [9.17, 15) is 9.59 Å². The highest BCUT2D eigenvalue weighted by Gasteiger charge is 2.12. The number of rotatable bonds is 6. The third kappa shape index (κ3) is 4.23. The number of aryl methyl sites for hydroxylation is 2. The van der Waals surface area contributed by atoms with E-state index >= 15 is 0 Å². The molecule has 1 amide bonds. The number of hydrogen-bond donors (Lipinski definition) is 2. The van der Waals surface area contributed by atoms with E-state index in [1.54, 1.807) is 6.07 Å². The molecule has 0 bridgehead atoms. The van der Waals surface area contributed by atoms with Crippen molar-refractivity contribution in [3.8, 4) is 0 Å². The summed E-state index contributed by atoms with van der Waals surface area (Å²) >= 11 is 3.23. The summed E-state index contributed by atoms with van der Waals surface area (Å²) in [5.41, 5.74) is 3.77. The number of aromatic nitrogens is 2. The van der Waals surface area contributed by atoms with Crippen LogP contribution < -0.4 is 5.32 Å². The second-order valence-corrected chi connectivity index (χ2v) is 6.58. The lowest BCUT2D eigenvalue weighted by Gasteiger charge is -2.07. The standard InChI is InChI=1S/C17H20BrN3O3/c1-10-15(11(2)21(3)20-10)5-4-6-19-16(22)12-7-13(17(23)24)9-14(18)8-12/h7-9H,4-6H2,1-3H3,(H,19,22)(H,23,24). The van der Waals surface area contributed by atoms with Crippen molar-refractivity contribution in [3.05, 3.63) is 50.8 Å². The second kappa shape index (κ2) is 7.61. The molecule has 0 spiro atoms. The van der Waals surface area contributed by atoms with E-state index in [1.807, 2.05) is 25.6 Å². The predicted molar refractivity (Wildman–Crippen MR) is 94.4 cm³/mol. The highest BCUT2D eigenvalue weighted by atomic mass is 79.9. The highest BCUT2D eigenvalue weighted by Crippen LogP contribution is 2.16. The Morgan fingerprint density at radius 3 is 2.50 bits per heavy atom. The van der Waals surface area contributed by atoms with Crippen LogP contribution in [0.25, 0.3) is 0 Å². The molecule has 0 saturated carbocycles. The van der Waals surface area contributed by atoms with Crippen LogP contribution in [-0.2, 0) is 13.5 Å². The lowest BCUT2D eigenvalue weighted by atomic mass is 10.1. The van der Waals surface area contributed by atoms with Crippen LogP contribution in [0.1, 0.15) is 44.1 Å². The maximum Gasteiger partial charge on any atom is 0.335 e. The molecule has 1 aromatic heterocycles. The topological polar surface area (TPSA) is 84.2 Å². The third-order valence-corrected chi connectivity index (χ3v) is 4.41. The molecule has 1 aromatic carbocycles. The normalized spacial score (nSPS) is 10.7. The molecule has 0 aliphatic heterocycles. The second-order valence-electron chi connectivity index (χ2n) is 5.67. The summed E-state index contributed by atoms with van der Waals surface area (Å²) in [6.45, 7) is 4.53. The maximum atomic E-state index is 12.2. The largest absolute Gasteiger partial charge is 0.478 e. The zero-order chi connectivity index (χ0) is 17.9. The van der Waals surface area contributed by atoms with Crippen molar-refractivity contribution in [3.63, 3.8) is 0 Å². The minimum atomic E-state index is -1.06. The average Bonchev–Trinajstić information content (AvgIpc) is 2.76. The van der Waals surface area contributed by atoms with Gasteiger partial charge in [-0.3, -0.25) is 9.48 Å². The van der Waals surface area contributed by atoms with Crippen molar-refractivity contribution in [2.75, 3.05) is 6.54 Å². The van der Waals surface area contributed by atoms with Crippen LogP contribution in [0.15, 0.2) is 22.7 Å². The van der Waals surface area contributed by atoms with E-state index in [0.717, 1.165) is 24.2 Å². The van der Waals surface area contributed by atoms with Crippen LogP contribution in [0.3, 0.4) is 0 Å². The fourth-order valence-electron chi connectivity index (χ4n) is 2.59. The molecular weight excluding hydrogens is 374 g/mol. The zero-order valence-electron chi connectivity index (χ0n) is 13.9. The lowest BCUT2D eigenvalue weighted by molar-refractivity contribution is 0.0697. The Balaban J connectivity index is 1.93. The van der Waals surface area contributed by atoms with Gasteiger partial charge in [0.1, 0.15) is 0 Å². The molecule has 1 heterocycles. The summed E-state index contributed by atoms with van der Waals surface area (Å²) in [7, 11) is 1.92. The molecular formula is C17H20BrN3O3. The van der Waals surface area contributed by atoms with Gasteiger partial charge in [-0.25, -0.2) is 4.79 Å². The Morgan fingerprint density at radius 2 is 1.92 bits per heavy atom. The zero-order valence-corrected chi connectivity index (χ0v) is 15.5. The van der Waals surface area contributed by atoms with Gasteiger partial charge in [0, 0.05) is 29.3 Å². The Labute approximate surface area is 149 Å². The Bertz CT molecular complexity index is 784. The summed E-state index contributed by atoms with van der Waals surface area (Å²) < 4.78 is 2.42. The van der Waals surface area contributed by atoms with Crippen molar-refractivity contribution < 1.29 is 14.7 Å². The van der Waals surface area contributed by atoms with Gasteiger partial charge in [0.15, 0.2) is 0 Å². The smallest absolute Gasteiger partial charge is 0.335 e. The quantitative estimate of drug-likeness (QED) is 0.738. The molecule has 2 N–H and O–H groups in total. The minimum absolute atomic E-state index is 0.0798. The van der Waals surface area contributed by atoms with Crippen LogP contribution in [0.4, 0.5) is 0 Å². The van der Waals surface area contributed by atoms with Crippen molar-refractivity contribution in [1.82, 2.24) is 15.1 Å². The van der Waals surface area contributed by atoms with Gasteiger partial charge in [0.25, 0.3) is 5.91 Å². The van der Waals surface area contributed by atoms with Gasteiger partial charge >= 0.3 is 5.97 Å². The van der Waals surface area contributed by atoms with E-state index in [4.69, 9.17) is 5.11 Å². The average molecular weight is 394 g/mol. The molecule has 2 aromatic rings. The molecule has 2 rings (SSSR count). The van der Waals surface area contributed by atoms with Crippen LogP contribution >= 0.6 is 15.9 Å². The molecule has 0 aliphatic rings. The van der Waals surface area contributed by atoms with E-state index < -0.39 is 5.97 Å². The Morgan fingerprint density at radius 1 is 1.25 bits per heavy atom. The first-order chi connectivity index (χ1) is 11.3. The molecule has 7 heteroatoms. The van der Waals surface area contributed by atoms with E-state index in [-0.39, 0.29) is 11.5 Å². The van der Waals surface area contributed by atoms with Crippen LogP contribution in [0, 0.1) is 13.8 Å². The van der Waals surface area contributed by atoms with Crippen molar-refractivity contribution in [1.29, 1.82) is 0 Å². The number of amides is 1. The molecule has 0 fully saturated rings. The first-order valence-corrected chi connectivity index (χ1v) is 8.40. The maximum absolute atomic E-state index is 12.2. The number of benzene rings is 1. The summed E-state index contributed by atoms with van der Waals surface area (Å²) in [6.07, 6.45) is 1.63. The molecule has 24 heavy (non-hydrogen) atoms. The van der Waals surface area contributed by atoms with E-state index in [2.05, 4.69) is 26.3 Å². The van der Waals surface area contributed by atoms with Crippen LogP contribution in [-0.4, -0.2) is 33.3 Å².